The van der Waals surface area contributed by atoms with Gasteiger partial charge in [0.25, 0.3) is 0 Å². The average Bonchev–Trinajstić information content (AvgIpc) is 4.07. The van der Waals surface area contributed by atoms with Gasteiger partial charge < -0.3 is 20.6 Å². The maximum Gasteiger partial charge on any atom is 0.416 e. The van der Waals surface area contributed by atoms with E-state index in [1.54, 1.807) is 24.5 Å². The summed E-state index contributed by atoms with van der Waals surface area (Å²) in [6, 6.07) is 16.0. The summed E-state index contributed by atoms with van der Waals surface area (Å²) in [6.07, 6.45) is -3.81. The molecule has 0 amide bonds. The van der Waals surface area contributed by atoms with Gasteiger partial charge in [-0.3, -0.25) is 9.97 Å². The van der Waals surface area contributed by atoms with Crippen LogP contribution in [0.1, 0.15) is 25.0 Å². The van der Waals surface area contributed by atoms with Crippen LogP contribution in [0, 0.1) is 0 Å². The van der Waals surface area contributed by atoms with Crippen LogP contribution in [0.2, 0.25) is 0 Å². The number of alkyl halides is 6. The predicted octanol–water partition coefficient (Wildman–Crippen LogP) is 10.1. The number of fused-ring (bicyclic) bond motifs is 2. The second kappa shape index (κ2) is 17.2. The van der Waals surface area contributed by atoms with Crippen molar-refractivity contribution in [3.63, 3.8) is 0 Å². The van der Waals surface area contributed by atoms with Crippen LogP contribution in [0.15, 0.2) is 94.7 Å². The molecule has 2 aromatic carbocycles. The highest BCUT2D eigenvalue weighted by atomic mass is 35.5. The molecule has 0 aliphatic carbocycles. The third kappa shape index (κ3) is 8.30. The van der Waals surface area contributed by atoms with Gasteiger partial charge in [-0.25, -0.2) is 19.2 Å². The van der Waals surface area contributed by atoms with Crippen molar-refractivity contribution in [2.24, 2.45) is 0 Å². The Kier molecular flexibility index (Phi) is 12.4. The van der Waals surface area contributed by atoms with E-state index in [-0.39, 0.29) is 82.7 Å². The number of anilines is 2. The molecule has 23 heteroatoms. The smallest absolute Gasteiger partial charge is 0.379 e. The van der Waals surface area contributed by atoms with Crippen molar-refractivity contribution in [1.82, 2.24) is 49.7 Å². The molecule has 0 atom stereocenters. The van der Waals surface area contributed by atoms with Crippen LogP contribution < -0.4 is 11.5 Å². The van der Waals surface area contributed by atoms with Crippen LogP contribution in [0.5, 0.6) is 0 Å². The first-order valence-electron chi connectivity index (χ1n) is 17.6. The molecule has 7 aromatic heterocycles. The molecule has 0 aliphatic heterocycles. The number of hydrogen-bond acceptors (Lipinski definition) is 13. The van der Waals surface area contributed by atoms with Crippen molar-refractivity contribution in [1.29, 1.82) is 0 Å². The second-order valence-electron chi connectivity index (χ2n) is 12.8. The maximum atomic E-state index is 13.3. The number of nitrogens with zero attached hydrogens (tertiary/aromatic N) is 10. The first-order chi connectivity index (χ1) is 28.3. The number of benzene rings is 2. The molecular formula is C38H30Cl2F6N12O2S. The first-order valence-corrected chi connectivity index (χ1v) is 18.4. The van der Waals surface area contributed by atoms with Crippen LogP contribution in [0.25, 0.3) is 77.1 Å². The minimum Gasteiger partial charge on any atom is -0.379 e. The summed E-state index contributed by atoms with van der Waals surface area (Å²) < 4.78 is 92.8. The normalized spacial score (nSPS) is 11.6. The number of imidazole rings is 2. The SMILES string of the molecule is CCn1c(-c2nonc2N)nc2cncc(-c3cc(C(F)(F)F)cc(C(F)(F)F)c3)c21.CCn1c(-c2nonc2N)nc2cncc(-c3ccc(-c4ccccc4)s3)c21.Cl.Cl. The highest BCUT2D eigenvalue weighted by molar-refractivity contribution is 7.18. The summed E-state index contributed by atoms with van der Waals surface area (Å²) >= 11 is 1.73. The molecule has 0 fully saturated rings. The Balaban J connectivity index is 0.000000198. The van der Waals surface area contributed by atoms with Crippen molar-refractivity contribution in [2.45, 2.75) is 39.3 Å². The molecule has 0 saturated heterocycles. The fraction of sp³-hybridized carbons (Fsp3) is 0.158. The van der Waals surface area contributed by atoms with Crippen LogP contribution in [0.4, 0.5) is 38.0 Å². The van der Waals surface area contributed by atoms with Gasteiger partial charge in [0.1, 0.15) is 11.0 Å². The largest absolute Gasteiger partial charge is 0.416 e. The monoisotopic (exact) mass is 902 g/mol. The molecule has 9 rings (SSSR count). The molecule has 0 unspecified atom stereocenters. The van der Waals surface area contributed by atoms with Gasteiger partial charge >= 0.3 is 12.4 Å². The van der Waals surface area contributed by atoms with Gasteiger partial charge in [0.15, 0.2) is 34.7 Å². The van der Waals surface area contributed by atoms with E-state index in [0.717, 1.165) is 21.5 Å². The van der Waals surface area contributed by atoms with E-state index >= 15 is 0 Å². The lowest BCUT2D eigenvalue weighted by molar-refractivity contribution is -0.143. The number of nitrogens with two attached hydrogens (primary N) is 2. The third-order valence-corrected chi connectivity index (χ3v) is 10.4. The number of aryl methyl sites for hydroxylation is 2. The van der Waals surface area contributed by atoms with E-state index in [0.29, 0.717) is 30.2 Å². The lowest BCUT2D eigenvalue weighted by Gasteiger charge is -2.15. The van der Waals surface area contributed by atoms with Crippen LogP contribution >= 0.6 is 36.2 Å². The van der Waals surface area contributed by atoms with Gasteiger partial charge in [0, 0.05) is 46.4 Å². The van der Waals surface area contributed by atoms with E-state index in [9.17, 15) is 26.3 Å². The maximum absolute atomic E-state index is 13.3. The van der Waals surface area contributed by atoms with Crippen molar-refractivity contribution >= 4 is 69.9 Å². The number of aromatic nitrogens is 10. The van der Waals surface area contributed by atoms with E-state index in [1.165, 1.54) is 27.4 Å². The fourth-order valence-electron chi connectivity index (χ4n) is 6.60. The Morgan fingerprint density at radius 3 is 1.52 bits per heavy atom. The number of thiophene rings is 1. The summed E-state index contributed by atoms with van der Waals surface area (Å²) in [5.41, 5.74) is 13.5. The summed E-state index contributed by atoms with van der Waals surface area (Å²) in [5, 5.41) is 14.7. The second-order valence-corrected chi connectivity index (χ2v) is 13.9. The molecular weight excluding hydrogens is 873 g/mol. The lowest BCUT2D eigenvalue weighted by Crippen LogP contribution is -2.11. The number of pyridine rings is 2. The summed E-state index contributed by atoms with van der Waals surface area (Å²) in [4.78, 5) is 19.7. The van der Waals surface area contributed by atoms with Gasteiger partial charge in [0.2, 0.25) is 0 Å². The molecule has 4 N–H and O–H groups in total. The first kappa shape index (κ1) is 44.0. The Morgan fingerprint density at radius 1 is 0.590 bits per heavy atom. The molecule has 9 aromatic rings. The Labute approximate surface area is 356 Å². The zero-order valence-corrected chi connectivity index (χ0v) is 33.9. The summed E-state index contributed by atoms with van der Waals surface area (Å²) in [6.45, 7) is 4.72. The van der Waals surface area contributed by atoms with Crippen LogP contribution in [-0.2, 0) is 25.4 Å². The molecule has 316 valence electrons. The zero-order valence-electron chi connectivity index (χ0n) is 31.4. The highest BCUT2D eigenvalue weighted by Gasteiger charge is 2.37. The van der Waals surface area contributed by atoms with Gasteiger partial charge in [-0.15, -0.1) is 36.2 Å². The predicted molar refractivity (Wildman–Crippen MR) is 220 cm³/mol. The Bertz CT molecular complexity index is 2930. The quantitative estimate of drug-likeness (QED) is 0.144. The number of hydrogen-bond donors (Lipinski definition) is 2. The lowest BCUT2D eigenvalue weighted by atomic mass is 9.99. The van der Waals surface area contributed by atoms with Crippen molar-refractivity contribution in [3.05, 3.63) is 96.6 Å². The number of nitrogen functional groups attached to an aromatic ring is 2. The van der Waals surface area contributed by atoms with E-state index in [2.05, 4.69) is 76.0 Å². The molecule has 0 radical (unpaired) electrons. The Hall–Kier alpha value is -6.58. The third-order valence-electron chi connectivity index (χ3n) is 9.21. The van der Waals surface area contributed by atoms with Gasteiger partial charge in [-0.05, 0) is 75.9 Å². The molecule has 0 saturated carbocycles. The molecule has 0 spiro atoms. The number of halogens is 8. The molecule has 0 bridgehead atoms. The minimum atomic E-state index is -4.98. The highest BCUT2D eigenvalue weighted by Crippen LogP contribution is 2.42. The molecule has 7 heterocycles. The molecule has 0 aliphatic rings. The fourth-order valence-corrected chi connectivity index (χ4v) is 7.62. The van der Waals surface area contributed by atoms with Crippen LogP contribution in [-0.4, -0.2) is 49.7 Å². The molecule has 61 heavy (non-hydrogen) atoms. The number of rotatable bonds is 7. The van der Waals surface area contributed by atoms with E-state index < -0.39 is 23.5 Å². The standard InChI is InChI=1S/C20H16N6OS.C18H12F6N6O.2ClH/c1-2-26-18-13(16-9-8-15(28-16)12-6-4-3-5-7-12)10-22-11-14(18)23-20(26)17-19(21)25-27-24-17;1-2-30-14-11(6-26-7-12(14)27-16(30)13-15(25)29-31-28-13)8-3-9(17(19,20)21)5-10(4-8)18(22,23)24;;/h3-11H,2H2,1H3,(H2,21,25);3-7H,2H2,1H3,(H2,25,29);2*1H. The Morgan fingerprint density at radius 2 is 1.07 bits per heavy atom. The topological polar surface area (TPSA) is 191 Å². The van der Waals surface area contributed by atoms with Crippen molar-refractivity contribution in [3.8, 4) is 55.0 Å². The van der Waals surface area contributed by atoms with Gasteiger partial charge in [0.05, 0.1) is 34.6 Å². The summed E-state index contributed by atoms with van der Waals surface area (Å²) in [5.74, 6) is 0.971. The minimum absolute atomic E-state index is 0. The van der Waals surface area contributed by atoms with Crippen molar-refractivity contribution < 1.29 is 35.6 Å². The van der Waals surface area contributed by atoms with Crippen molar-refractivity contribution in [2.75, 3.05) is 11.5 Å². The van der Waals surface area contributed by atoms with E-state index in [1.807, 2.05) is 24.4 Å². The molecule has 14 nitrogen and oxygen atoms in total. The van der Waals surface area contributed by atoms with Crippen LogP contribution in [0.3, 0.4) is 0 Å². The summed E-state index contributed by atoms with van der Waals surface area (Å²) in [7, 11) is 0. The van der Waals surface area contributed by atoms with E-state index in [4.69, 9.17) is 21.1 Å². The zero-order chi connectivity index (χ0) is 41.6. The average molecular weight is 904 g/mol. The van der Waals surface area contributed by atoms with Gasteiger partial charge in [-0.2, -0.15) is 26.3 Å². The van der Waals surface area contributed by atoms with Gasteiger partial charge in [-0.1, -0.05) is 30.3 Å².